The van der Waals surface area contributed by atoms with Crippen molar-refractivity contribution in [2.24, 2.45) is 18.9 Å². The van der Waals surface area contributed by atoms with Gasteiger partial charge in [0.1, 0.15) is 17.8 Å². The number of benzene rings is 1. The van der Waals surface area contributed by atoms with E-state index in [1.807, 2.05) is 12.4 Å². The molecule has 4 atom stereocenters. The highest BCUT2D eigenvalue weighted by Crippen LogP contribution is 2.44. The fourth-order valence-electron chi connectivity index (χ4n) is 5.85. The number of likely N-dealkylation sites (tertiary alicyclic amines) is 1. The van der Waals surface area contributed by atoms with Gasteiger partial charge in [0.05, 0.1) is 29.8 Å². The molecule has 0 unspecified atom stereocenters. The number of ether oxygens (including phenoxy) is 1. The minimum absolute atomic E-state index is 0.0207. The Kier molecular flexibility index (Phi) is 5.10. The van der Waals surface area contributed by atoms with Crippen LogP contribution < -0.4 is 4.74 Å². The number of aromatic nitrogens is 6. The minimum atomic E-state index is 0.0207. The van der Waals surface area contributed by atoms with Crippen molar-refractivity contribution in [2.45, 2.75) is 38.5 Å². The number of hydrogen-bond acceptors (Lipinski definition) is 6. The summed E-state index contributed by atoms with van der Waals surface area (Å²) < 4.78 is 11.0. The summed E-state index contributed by atoms with van der Waals surface area (Å²) in [5, 5.41) is 0. The number of imidazole rings is 2. The molecular weight excluding hydrogens is 414 g/mol. The van der Waals surface area contributed by atoms with Crippen LogP contribution in [0.5, 0.6) is 5.88 Å². The molecule has 1 saturated heterocycles. The fraction of sp³-hybridized carbons (Fsp3) is 0.440. The van der Waals surface area contributed by atoms with E-state index in [-0.39, 0.29) is 12.1 Å². The average Bonchev–Trinajstić information content (AvgIpc) is 3.50. The van der Waals surface area contributed by atoms with E-state index in [2.05, 4.69) is 67.2 Å². The summed E-state index contributed by atoms with van der Waals surface area (Å²) in [6, 6.07) is 8.61. The third-order valence-corrected chi connectivity index (χ3v) is 7.36. The highest BCUT2D eigenvalue weighted by Gasteiger charge is 2.44. The van der Waals surface area contributed by atoms with Crippen LogP contribution in [0, 0.1) is 18.8 Å². The summed E-state index contributed by atoms with van der Waals surface area (Å²) in [7, 11) is 2.07. The van der Waals surface area contributed by atoms with E-state index < -0.39 is 0 Å². The Balaban J connectivity index is 1.31. The first-order valence-electron chi connectivity index (χ1n) is 11.7. The molecule has 1 aliphatic heterocycles. The van der Waals surface area contributed by atoms with Crippen LogP contribution >= 0.6 is 0 Å². The van der Waals surface area contributed by atoms with Crippen molar-refractivity contribution in [3.63, 3.8) is 0 Å². The van der Waals surface area contributed by atoms with Crippen molar-refractivity contribution in [3.05, 3.63) is 66.9 Å². The average molecular weight is 444 g/mol. The van der Waals surface area contributed by atoms with Gasteiger partial charge in [0.25, 0.3) is 0 Å². The Labute approximate surface area is 193 Å². The molecule has 170 valence electrons. The van der Waals surface area contributed by atoms with Crippen molar-refractivity contribution in [2.75, 3.05) is 13.1 Å². The van der Waals surface area contributed by atoms with Gasteiger partial charge in [0, 0.05) is 44.9 Å². The monoisotopic (exact) mass is 443 g/mol. The molecule has 0 spiro atoms. The molecule has 33 heavy (non-hydrogen) atoms. The fourth-order valence-corrected chi connectivity index (χ4v) is 5.85. The SMILES string of the molecule is Cc1nc2ccccc2n1[C@H]1C[C@H]2CN(Cc3nccn3C)C[C@H]2C[C@@H]1Oc1cnccn1. The zero-order valence-electron chi connectivity index (χ0n) is 19.1. The smallest absolute Gasteiger partial charge is 0.232 e. The van der Waals surface area contributed by atoms with Crippen LogP contribution in [0.2, 0.25) is 0 Å². The Morgan fingerprint density at radius 2 is 1.88 bits per heavy atom. The number of fused-ring (bicyclic) bond motifs is 2. The second kappa shape index (κ2) is 8.26. The van der Waals surface area contributed by atoms with Crippen LogP contribution in [0.15, 0.2) is 55.2 Å². The molecular formula is C25H29N7O. The molecule has 8 nitrogen and oxygen atoms in total. The zero-order chi connectivity index (χ0) is 22.4. The third kappa shape index (κ3) is 3.78. The van der Waals surface area contributed by atoms with Crippen LogP contribution in [0.25, 0.3) is 11.0 Å². The standard InChI is InChI=1S/C25H29N7O/c1-17-29-20-5-3-4-6-21(20)32(17)22-11-18-14-31(16-24-27-9-10-30(24)2)15-19(18)12-23(22)33-25-13-26-7-8-28-25/h3-10,13,18-19,22-23H,11-12,14-16H2,1-2H3/t18-,19+,22-,23-/m0/s1. The van der Waals surface area contributed by atoms with Crippen molar-refractivity contribution < 1.29 is 4.74 Å². The van der Waals surface area contributed by atoms with Crippen molar-refractivity contribution in [1.29, 1.82) is 0 Å². The Morgan fingerprint density at radius 1 is 1.03 bits per heavy atom. The van der Waals surface area contributed by atoms with Gasteiger partial charge in [-0.05, 0) is 43.7 Å². The molecule has 1 saturated carbocycles. The van der Waals surface area contributed by atoms with E-state index in [0.29, 0.717) is 17.7 Å². The predicted molar refractivity (Wildman–Crippen MR) is 125 cm³/mol. The first-order valence-corrected chi connectivity index (χ1v) is 11.7. The molecule has 2 fully saturated rings. The molecule has 0 radical (unpaired) electrons. The number of para-hydroxylation sites is 2. The summed E-state index contributed by atoms with van der Waals surface area (Å²) in [6.07, 6.45) is 11.1. The summed E-state index contributed by atoms with van der Waals surface area (Å²) in [5.74, 6) is 3.97. The molecule has 1 aromatic carbocycles. The lowest BCUT2D eigenvalue weighted by Crippen LogP contribution is -2.40. The van der Waals surface area contributed by atoms with Crippen molar-refractivity contribution >= 4 is 11.0 Å². The number of hydrogen-bond donors (Lipinski definition) is 0. The third-order valence-electron chi connectivity index (χ3n) is 7.36. The van der Waals surface area contributed by atoms with Crippen LogP contribution in [-0.4, -0.2) is 53.2 Å². The van der Waals surface area contributed by atoms with Gasteiger partial charge in [-0.3, -0.25) is 9.88 Å². The van der Waals surface area contributed by atoms with E-state index in [4.69, 9.17) is 9.72 Å². The molecule has 6 rings (SSSR count). The van der Waals surface area contributed by atoms with Crippen LogP contribution in [0.3, 0.4) is 0 Å². The van der Waals surface area contributed by atoms with Gasteiger partial charge in [-0.25, -0.2) is 15.0 Å². The Hall–Kier alpha value is -3.26. The highest BCUT2D eigenvalue weighted by atomic mass is 16.5. The summed E-state index contributed by atoms with van der Waals surface area (Å²) in [4.78, 5) is 20.6. The minimum Gasteiger partial charge on any atom is -0.471 e. The van der Waals surface area contributed by atoms with Gasteiger partial charge in [-0.1, -0.05) is 12.1 Å². The van der Waals surface area contributed by atoms with E-state index >= 15 is 0 Å². The van der Waals surface area contributed by atoms with Crippen LogP contribution in [-0.2, 0) is 13.6 Å². The van der Waals surface area contributed by atoms with E-state index in [9.17, 15) is 0 Å². The number of nitrogens with zero attached hydrogens (tertiary/aromatic N) is 7. The van der Waals surface area contributed by atoms with Crippen molar-refractivity contribution in [1.82, 2.24) is 34.0 Å². The summed E-state index contributed by atoms with van der Waals surface area (Å²) in [6.45, 7) is 5.17. The number of rotatable bonds is 5. The van der Waals surface area contributed by atoms with Crippen LogP contribution in [0.1, 0.15) is 30.5 Å². The topological polar surface area (TPSA) is 73.9 Å². The number of aryl methyl sites for hydroxylation is 2. The molecule has 4 aromatic rings. The lowest BCUT2D eigenvalue weighted by atomic mass is 9.77. The Bertz CT molecular complexity index is 1250. The molecule has 0 bridgehead atoms. The van der Waals surface area contributed by atoms with E-state index in [1.54, 1.807) is 18.6 Å². The first kappa shape index (κ1) is 20.4. The maximum absolute atomic E-state index is 6.51. The first-order chi connectivity index (χ1) is 16.2. The van der Waals surface area contributed by atoms with Gasteiger partial charge < -0.3 is 13.9 Å². The maximum atomic E-state index is 6.51. The molecule has 4 heterocycles. The summed E-state index contributed by atoms with van der Waals surface area (Å²) in [5.41, 5.74) is 2.22. The quantitative estimate of drug-likeness (QED) is 0.471. The Morgan fingerprint density at radius 3 is 2.67 bits per heavy atom. The van der Waals surface area contributed by atoms with E-state index in [0.717, 1.165) is 49.6 Å². The van der Waals surface area contributed by atoms with Gasteiger partial charge in [-0.15, -0.1) is 0 Å². The molecule has 0 amide bonds. The van der Waals surface area contributed by atoms with Gasteiger partial charge in [-0.2, -0.15) is 0 Å². The van der Waals surface area contributed by atoms with Gasteiger partial charge >= 0.3 is 0 Å². The lowest BCUT2D eigenvalue weighted by molar-refractivity contribution is 0.0519. The lowest BCUT2D eigenvalue weighted by Gasteiger charge is -2.39. The maximum Gasteiger partial charge on any atom is 0.232 e. The predicted octanol–water partition coefficient (Wildman–Crippen LogP) is 3.40. The largest absolute Gasteiger partial charge is 0.471 e. The van der Waals surface area contributed by atoms with Crippen LogP contribution in [0.4, 0.5) is 0 Å². The molecule has 1 aliphatic carbocycles. The second-order valence-electron chi connectivity index (χ2n) is 9.43. The molecule has 0 N–H and O–H groups in total. The van der Waals surface area contributed by atoms with Crippen molar-refractivity contribution in [3.8, 4) is 5.88 Å². The molecule has 8 heteroatoms. The molecule has 3 aromatic heterocycles. The van der Waals surface area contributed by atoms with Gasteiger partial charge in [0.2, 0.25) is 5.88 Å². The summed E-state index contributed by atoms with van der Waals surface area (Å²) >= 11 is 0. The van der Waals surface area contributed by atoms with Gasteiger partial charge in [0.15, 0.2) is 0 Å². The normalized spacial score (nSPS) is 25.4. The highest BCUT2D eigenvalue weighted by molar-refractivity contribution is 5.76. The second-order valence-corrected chi connectivity index (χ2v) is 9.43. The zero-order valence-corrected chi connectivity index (χ0v) is 19.1. The molecule has 2 aliphatic rings. The van der Waals surface area contributed by atoms with E-state index in [1.165, 1.54) is 5.52 Å².